The van der Waals surface area contributed by atoms with Crippen molar-refractivity contribution >= 4 is 21.8 Å². The summed E-state index contributed by atoms with van der Waals surface area (Å²) in [5.74, 6) is 1.20. The zero-order valence-corrected chi connectivity index (χ0v) is 14.1. The van der Waals surface area contributed by atoms with E-state index in [1.165, 1.54) is 0 Å². The number of rotatable bonds is 6. The average molecular weight is 348 g/mol. The second kappa shape index (κ2) is 6.89. The zero-order valence-electron chi connectivity index (χ0n) is 14.1. The van der Waals surface area contributed by atoms with Crippen molar-refractivity contribution in [2.24, 2.45) is 5.18 Å². The maximum Gasteiger partial charge on any atom is 0.219 e. The molecule has 0 saturated carbocycles. The Morgan fingerprint density at radius 2 is 2.08 bits per heavy atom. The molecular weight excluding hydrogens is 332 g/mol. The quantitative estimate of drug-likeness (QED) is 0.524. The Bertz CT molecular complexity index is 1080. The van der Waals surface area contributed by atoms with Crippen LogP contribution in [0.4, 0.5) is 0 Å². The molecule has 0 atom stereocenters. The SMILES string of the molecule is COCc1c(CN=O)ncc2[nH]c3ccc(Oc4ccccn4)cc3c12. The van der Waals surface area contributed by atoms with Gasteiger partial charge in [-0.15, -0.1) is 0 Å². The fourth-order valence-corrected chi connectivity index (χ4v) is 3.07. The fourth-order valence-electron chi connectivity index (χ4n) is 3.07. The van der Waals surface area contributed by atoms with Gasteiger partial charge in [0.2, 0.25) is 5.88 Å². The molecule has 4 aromatic rings. The number of nitrogens with zero attached hydrogens (tertiary/aromatic N) is 3. The number of hydrogen-bond acceptors (Lipinski definition) is 6. The zero-order chi connectivity index (χ0) is 17.9. The lowest BCUT2D eigenvalue weighted by Gasteiger charge is -2.08. The predicted molar refractivity (Wildman–Crippen MR) is 98.1 cm³/mol. The molecule has 7 heteroatoms. The van der Waals surface area contributed by atoms with Crippen LogP contribution in [0.15, 0.2) is 54.0 Å². The molecule has 7 nitrogen and oxygen atoms in total. The van der Waals surface area contributed by atoms with Crippen molar-refractivity contribution in [1.82, 2.24) is 15.0 Å². The third-order valence-electron chi connectivity index (χ3n) is 4.16. The van der Waals surface area contributed by atoms with Gasteiger partial charge in [0.05, 0.1) is 24.0 Å². The van der Waals surface area contributed by atoms with Crippen molar-refractivity contribution in [2.75, 3.05) is 7.11 Å². The second-order valence-corrected chi connectivity index (χ2v) is 5.79. The van der Waals surface area contributed by atoms with E-state index in [0.29, 0.717) is 23.9 Å². The summed E-state index contributed by atoms with van der Waals surface area (Å²) in [5, 5.41) is 4.91. The van der Waals surface area contributed by atoms with E-state index in [9.17, 15) is 4.91 Å². The molecule has 1 N–H and O–H groups in total. The first kappa shape index (κ1) is 16.2. The van der Waals surface area contributed by atoms with Gasteiger partial charge in [-0.1, -0.05) is 11.2 Å². The molecule has 0 amide bonds. The highest BCUT2D eigenvalue weighted by atomic mass is 16.5. The minimum atomic E-state index is 0.00539. The number of pyridine rings is 2. The number of hydrogen-bond donors (Lipinski definition) is 1. The van der Waals surface area contributed by atoms with Gasteiger partial charge in [-0.2, -0.15) is 4.91 Å². The van der Waals surface area contributed by atoms with Gasteiger partial charge < -0.3 is 14.5 Å². The van der Waals surface area contributed by atoms with E-state index in [-0.39, 0.29) is 6.54 Å². The van der Waals surface area contributed by atoms with Gasteiger partial charge in [0, 0.05) is 41.2 Å². The third-order valence-corrected chi connectivity index (χ3v) is 4.16. The summed E-state index contributed by atoms with van der Waals surface area (Å²) in [5.41, 5.74) is 3.29. The first-order valence-electron chi connectivity index (χ1n) is 8.09. The monoisotopic (exact) mass is 348 g/mol. The molecule has 130 valence electrons. The Labute approximate surface area is 149 Å². The molecule has 0 aliphatic heterocycles. The summed E-state index contributed by atoms with van der Waals surface area (Å²) in [4.78, 5) is 22.6. The lowest BCUT2D eigenvalue weighted by atomic mass is 10.1. The molecular formula is C19H16N4O3. The topological polar surface area (TPSA) is 89.5 Å². The van der Waals surface area contributed by atoms with Crippen LogP contribution in [0.2, 0.25) is 0 Å². The molecule has 3 heterocycles. The van der Waals surface area contributed by atoms with Gasteiger partial charge in [0.1, 0.15) is 12.3 Å². The smallest absolute Gasteiger partial charge is 0.219 e. The van der Waals surface area contributed by atoms with Crippen molar-refractivity contribution in [3.05, 3.63) is 65.0 Å². The molecule has 1 aromatic carbocycles. The number of H-pyrrole nitrogens is 1. The van der Waals surface area contributed by atoms with E-state index in [4.69, 9.17) is 9.47 Å². The van der Waals surface area contributed by atoms with Crippen molar-refractivity contribution in [3.8, 4) is 11.6 Å². The Morgan fingerprint density at radius 3 is 2.85 bits per heavy atom. The molecule has 0 fully saturated rings. The number of methoxy groups -OCH3 is 1. The van der Waals surface area contributed by atoms with Crippen LogP contribution in [0.1, 0.15) is 11.3 Å². The Morgan fingerprint density at radius 1 is 1.15 bits per heavy atom. The van der Waals surface area contributed by atoms with E-state index in [2.05, 4.69) is 20.1 Å². The minimum Gasteiger partial charge on any atom is -0.439 e. The second-order valence-electron chi connectivity index (χ2n) is 5.79. The van der Waals surface area contributed by atoms with Crippen LogP contribution in [0, 0.1) is 4.91 Å². The summed E-state index contributed by atoms with van der Waals surface area (Å²) < 4.78 is 11.2. The fraction of sp³-hybridized carbons (Fsp3) is 0.158. The predicted octanol–water partition coefficient (Wildman–Crippen LogP) is 4.32. The number of nitrogens with one attached hydrogen (secondary N) is 1. The van der Waals surface area contributed by atoms with Crippen LogP contribution in [-0.2, 0) is 17.9 Å². The molecule has 26 heavy (non-hydrogen) atoms. The molecule has 0 aliphatic carbocycles. The molecule has 0 spiro atoms. The third kappa shape index (κ3) is 2.89. The highest BCUT2D eigenvalue weighted by Gasteiger charge is 2.15. The van der Waals surface area contributed by atoms with Gasteiger partial charge >= 0.3 is 0 Å². The Balaban J connectivity index is 1.88. The number of aromatic amines is 1. The minimum absolute atomic E-state index is 0.00539. The molecule has 0 saturated heterocycles. The van der Waals surface area contributed by atoms with Gasteiger partial charge in [-0.05, 0) is 24.3 Å². The molecule has 0 unspecified atom stereocenters. The molecule has 3 aromatic heterocycles. The van der Waals surface area contributed by atoms with Crippen molar-refractivity contribution in [3.63, 3.8) is 0 Å². The molecule has 4 rings (SSSR count). The lowest BCUT2D eigenvalue weighted by Crippen LogP contribution is -1.99. The highest BCUT2D eigenvalue weighted by Crippen LogP contribution is 2.33. The summed E-state index contributed by atoms with van der Waals surface area (Å²) in [6.45, 7) is 0.346. The van der Waals surface area contributed by atoms with Crippen LogP contribution in [0.25, 0.3) is 21.8 Å². The molecule has 0 radical (unpaired) electrons. The van der Waals surface area contributed by atoms with E-state index < -0.39 is 0 Å². The van der Waals surface area contributed by atoms with E-state index in [0.717, 1.165) is 27.4 Å². The van der Waals surface area contributed by atoms with Crippen molar-refractivity contribution in [2.45, 2.75) is 13.2 Å². The average Bonchev–Trinajstić information content (AvgIpc) is 3.03. The number of fused-ring (bicyclic) bond motifs is 3. The van der Waals surface area contributed by atoms with Crippen molar-refractivity contribution < 1.29 is 9.47 Å². The Kier molecular flexibility index (Phi) is 4.28. The van der Waals surface area contributed by atoms with Gasteiger partial charge in [-0.25, -0.2) is 4.98 Å². The first-order valence-corrected chi connectivity index (χ1v) is 8.09. The van der Waals surface area contributed by atoms with E-state index in [1.54, 1.807) is 25.6 Å². The maximum atomic E-state index is 10.8. The van der Waals surface area contributed by atoms with E-state index >= 15 is 0 Å². The van der Waals surface area contributed by atoms with Crippen LogP contribution in [0.5, 0.6) is 11.6 Å². The van der Waals surface area contributed by atoms with Crippen LogP contribution in [-0.4, -0.2) is 22.1 Å². The molecule has 0 aliphatic rings. The summed E-state index contributed by atoms with van der Waals surface area (Å²) >= 11 is 0. The van der Waals surface area contributed by atoms with Crippen molar-refractivity contribution in [1.29, 1.82) is 0 Å². The van der Waals surface area contributed by atoms with Crippen LogP contribution >= 0.6 is 0 Å². The van der Waals surface area contributed by atoms with Gasteiger partial charge in [0.25, 0.3) is 0 Å². The normalized spacial score (nSPS) is 11.1. The summed E-state index contributed by atoms with van der Waals surface area (Å²) in [6.07, 6.45) is 3.40. The van der Waals surface area contributed by atoms with Crippen LogP contribution < -0.4 is 4.74 Å². The highest BCUT2D eigenvalue weighted by molar-refractivity contribution is 6.09. The summed E-state index contributed by atoms with van der Waals surface area (Å²) in [7, 11) is 1.61. The number of aromatic nitrogens is 3. The standard InChI is InChI=1S/C19H16N4O3/c1-25-11-14-16(10-22-24)21-9-17-19(14)13-8-12(5-6-15(13)23-17)26-18-4-2-3-7-20-18/h2-9,23H,10-11H2,1H3. The summed E-state index contributed by atoms with van der Waals surface area (Å²) in [6, 6.07) is 11.3. The lowest BCUT2D eigenvalue weighted by molar-refractivity contribution is 0.185. The number of benzene rings is 1. The largest absolute Gasteiger partial charge is 0.439 e. The number of nitroso groups, excluding NO2 is 1. The van der Waals surface area contributed by atoms with E-state index in [1.807, 2.05) is 30.3 Å². The molecule has 0 bridgehead atoms. The number of ether oxygens (including phenoxy) is 2. The first-order chi connectivity index (χ1) is 12.8. The maximum absolute atomic E-state index is 10.8. The van der Waals surface area contributed by atoms with Crippen LogP contribution in [0.3, 0.4) is 0 Å². The Hall–Kier alpha value is -3.32. The van der Waals surface area contributed by atoms with Gasteiger partial charge in [0.15, 0.2) is 0 Å². The van der Waals surface area contributed by atoms with Gasteiger partial charge in [-0.3, -0.25) is 4.98 Å².